The molecule has 0 aliphatic carbocycles. The summed E-state index contributed by atoms with van der Waals surface area (Å²) < 4.78 is 16.6. The Morgan fingerprint density at radius 1 is 1.00 bits per heavy atom. The number of ether oxygens (including phenoxy) is 2. The summed E-state index contributed by atoms with van der Waals surface area (Å²) in [7, 11) is 4.60. The molecule has 0 unspecified atom stereocenters. The van der Waals surface area contributed by atoms with Gasteiger partial charge >= 0.3 is 17.3 Å². The zero-order valence-corrected chi connectivity index (χ0v) is 18.5. The molecule has 33 heavy (non-hydrogen) atoms. The highest BCUT2D eigenvalue weighted by atomic mass is 16.5. The fourth-order valence-corrected chi connectivity index (χ4v) is 3.16. The summed E-state index contributed by atoms with van der Waals surface area (Å²) in [6.45, 7) is -0.627. The molecule has 2 N–H and O–H groups in total. The number of amides is 1. The van der Waals surface area contributed by atoms with Crippen LogP contribution in [0.2, 0.25) is 0 Å². The van der Waals surface area contributed by atoms with Crippen LogP contribution < -0.4 is 24.7 Å². The zero-order chi connectivity index (χ0) is 24.0. The number of anilines is 1. The van der Waals surface area contributed by atoms with Gasteiger partial charge in [-0.15, -0.1) is 0 Å². The van der Waals surface area contributed by atoms with Crippen LogP contribution in [0.3, 0.4) is 0 Å². The van der Waals surface area contributed by atoms with Gasteiger partial charge in [0.25, 0.3) is 0 Å². The number of nitrogens with zero attached hydrogens (tertiary/aromatic N) is 3. The number of benzene rings is 2. The number of carboxylic acids is 1. The van der Waals surface area contributed by atoms with E-state index in [0.29, 0.717) is 22.9 Å². The molecule has 0 atom stereocenters. The summed E-state index contributed by atoms with van der Waals surface area (Å²) in [5.41, 5.74) is 0.742. The molecule has 0 spiro atoms. The molecule has 0 bridgehead atoms. The van der Waals surface area contributed by atoms with E-state index >= 15 is 0 Å². The van der Waals surface area contributed by atoms with Crippen LogP contribution in [0.15, 0.2) is 57.8 Å². The first-order chi connectivity index (χ1) is 15.8. The van der Waals surface area contributed by atoms with Gasteiger partial charge in [0.2, 0.25) is 11.6 Å². The summed E-state index contributed by atoms with van der Waals surface area (Å²) in [4.78, 5) is 39.3. The number of carbonyl (C=O) groups is 2. The lowest BCUT2D eigenvalue weighted by Gasteiger charge is -2.25. The number of rotatable bonds is 10. The first-order valence-corrected chi connectivity index (χ1v) is 9.94. The van der Waals surface area contributed by atoms with Crippen LogP contribution in [-0.4, -0.2) is 61.5 Å². The smallest absolute Gasteiger partial charge is 0.432 e. The van der Waals surface area contributed by atoms with E-state index in [-0.39, 0.29) is 31.2 Å². The minimum absolute atomic E-state index is 0.0553. The molecule has 0 radical (unpaired) electrons. The second kappa shape index (κ2) is 10.4. The second-order valence-electron chi connectivity index (χ2n) is 7.16. The third-order valence-corrected chi connectivity index (χ3v) is 4.97. The molecule has 3 aromatic rings. The predicted octanol–water partition coefficient (Wildman–Crippen LogP) is 0.811. The van der Waals surface area contributed by atoms with E-state index in [1.165, 1.54) is 28.6 Å². The van der Waals surface area contributed by atoms with Crippen LogP contribution in [0, 0.1) is 0 Å². The third-order valence-electron chi connectivity index (χ3n) is 4.97. The normalized spacial score (nSPS) is 10.5. The molecule has 1 aromatic heterocycles. The average molecular weight is 457 g/mol. The molecule has 11 nitrogen and oxygen atoms in total. The number of carbonyl (C=O) groups excluding carboxylic acids is 1. The summed E-state index contributed by atoms with van der Waals surface area (Å²) in [5, 5.41) is 11.8. The van der Waals surface area contributed by atoms with E-state index in [2.05, 4.69) is 5.27 Å². The van der Waals surface area contributed by atoms with Crippen molar-refractivity contribution in [2.45, 2.75) is 6.54 Å². The van der Waals surface area contributed by atoms with Gasteiger partial charge in [-0.1, -0.05) is 0 Å². The van der Waals surface area contributed by atoms with E-state index in [0.717, 1.165) is 0 Å². The van der Waals surface area contributed by atoms with Gasteiger partial charge in [0.1, 0.15) is 24.6 Å². The van der Waals surface area contributed by atoms with Gasteiger partial charge in [0.05, 0.1) is 20.8 Å². The van der Waals surface area contributed by atoms with Crippen LogP contribution in [0.1, 0.15) is 5.69 Å². The molecule has 2 aromatic carbocycles. The van der Waals surface area contributed by atoms with Crippen molar-refractivity contribution >= 4 is 17.6 Å². The molecule has 11 heteroatoms. The van der Waals surface area contributed by atoms with Crippen molar-refractivity contribution in [2.75, 3.05) is 39.3 Å². The number of aliphatic carboxylic acids is 1. The van der Waals surface area contributed by atoms with E-state index in [9.17, 15) is 19.5 Å². The molecule has 0 fully saturated rings. The summed E-state index contributed by atoms with van der Waals surface area (Å²) >= 11 is 0. The number of hydrogen-bond donors (Lipinski definition) is 2. The first kappa shape index (κ1) is 23.4. The lowest BCUT2D eigenvalue weighted by atomic mass is 10.2. The Kier molecular flexibility index (Phi) is 7.34. The maximum absolute atomic E-state index is 12.9. The van der Waals surface area contributed by atoms with Gasteiger partial charge in [-0.05, 0) is 46.4 Å². The number of aromatic nitrogens is 2. The summed E-state index contributed by atoms with van der Waals surface area (Å²) in [6, 6.07) is 13.6. The molecule has 0 aliphatic rings. The van der Waals surface area contributed by atoms with Crippen LogP contribution in [0.4, 0.5) is 5.69 Å². The lowest BCUT2D eigenvalue weighted by Crippen LogP contribution is -2.45. The molecule has 0 aliphatic heterocycles. The number of methoxy groups -OCH3 is 2. The number of nitrogens with one attached hydrogen (secondary N) is 1. The third kappa shape index (κ3) is 5.70. The maximum Gasteiger partial charge on any atom is 0.432 e. The standard InChI is InChI=1S/C22H24N4O7/c1-24(12-19-22(30)33-23-26(19)16-6-10-18(32-3)11-7-16)20(27)13-25(14-21(28)29)15-4-8-17(31-2)9-5-15/h4-11H,12-14H2,1-3H3,(H-,23,28,29,30)/p+1. The topological polar surface area (TPSA) is 129 Å². The number of aromatic amines is 1. The van der Waals surface area contributed by atoms with E-state index in [1.54, 1.807) is 55.6 Å². The molecule has 0 saturated carbocycles. The monoisotopic (exact) mass is 457 g/mol. The molecule has 0 saturated heterocycles. The molecular formula is C22H25N4O7+. The van der Waals surface area contributed by atoms with Crippen molar-refractivity contribution in [3.8, 4) is 17.2 Å². The van der Waals surface area contributed by atoms with Gasteiger partial charge in [-0.2, -0.15) is 0 Å². The fraction of sp³-hybridized carbons (Fsp3) is 0.273. The van der Waals surface area contributed by atoms with Crippen LogP contribution >= 0.6 is 0 Å². The summed E-state index contributed by atoms with van der Waals surface area (Å²) in [5.74, 6) is -0.199. The molecule has 1 heterocycles. The Balaban J connectivity index is 1.77. The van der Waals surface area contributed by atoms with E-state index < -0.39 is 11.6 Å². The largest absolute Gasteiger partial charge is 0.497 e. The number of hydrogen-bond acceptors (Lipinski definition) is 7. The maximum atomic E-state index is 12.9. The predicted molar refractivity (Wildman–Crippen MR) is 117 cm³/mol. The highest BCUT2D eigenvalue weighted by molar-refractivity contribution is 5.84. The highest BCUT2D eigenvalue weighted by Crippen LogP contribution is 2.19. The average Bonchev–Trinajstić information content (AvgIpc) is 3.18. The Morgan fingerprint density at radius 3 is 2.12 bits per heavy atom. The Hall–Kier alpha value is -4.28. The quantitative estimate of drug-likeness (QED) is 0.428. The Labute approximate surface area is 189 Å². The fourth-order valence-electron chi connectivity index (χ4n) is 3.16. The van der Waals surface area contributed by atoms with Gasteiger partial charge in [-0.25, -0.2) is 4.79 Å². The minimum Gasteiger partial charge on any atom is -0.497 e. The first-order valence-electron chi connectivity index (χ1n) is 9.94. The SMILES string of the molecule is COc1ccc(N(CC(=O)O)CC(=O)N(C)Cc2c(=O)o[nH][n+]2-c2ccc(OC)cc2)cc1. The lowest BCUT2D eigenvalue weighted by molar-refractivity contribution is -0.678. The van der Waals surface area contributed by atoms with Gasteiger partial charge in [-0.3, -0.25) is 14.1 Å². The number of carboxylic acid groups (broad SMARTS) is 1. The minimum atomic E-state index is -1.08. The summed E-state index contributed by atoms with van der Waals surface area (Å²) in [6.07, 6.45) is 0. The molecule has 1 amide bonds. The van der Waals surface area contributed by atoms with Crippen molar-refractivity contribution in [2.24, 2.45) is 0 Å². The van der Waals surface area contributed by atoms with Gasteiger partial charge < -0.3 is 24.4 Å². The van der Waals surface area contributed by atoms with E-state index in [1.807, 2.05) is 0 Å². The van der Waals surface area contributed by atoms with Crippen LogP contribution in [-0.2, 0) is 16.1 Å². The molecule has 174 valence electrons. The molecular weight excluding hydrogens is 432 g/mol. The number of likely N-dealkylation sites (N-methyl/N-ethyl adjacent to an activating group) is 1. The Morgan fingerprint density at radius 2 is 1.58 bits per heavy atom. The van der Waals surface area contributed by atoms with E-state index in [4.69, 9.17) is 14.0 Å². The number of H-pyrrole nitrogens is 1. The van der Waals surface area contributed by atoms with Crippen molar-refractivity contribution in [1.29, 1.82) is 0 Å². The van der Waals surface area contributed by atoms with Crippen molar-refractivity contribution in [1.82, 2.24) is 10.2 Å². The Bertz CT molecular complexity index is 1150. The second-order valence-corrected chi connectivity index (χ2v) is 7.16. The van der Waals surface area contributed by atoms with Crippen LogP contribution in [0.25, 0.3) is 5.69 Å². The molecule has 3 rings (SSSR count). The van der Waals surface area contributed by atoms with Crippen molar-refractivity contribution < 1.29 is 33.4 Å². The van der Waals surface area contributed by atoms with Crippen molar-refractivity contribution in [3.05, 3.63) is 64.6 Å². The van der Waals surface area contributed by atoms with Gasteiger partial charge in [0, 0.05) is 24.9 Å². The van der Waals surface area contributed by atoms with Crippen LogP contribution in [0.5, 0.6) is 11.5 Å². The van der Waals surface area contributed by atoms with Gasteiger partial charge in [0.15, 0.2) is 0 Å². The zero-order valence-electron chi connectivity index (χ0n) is 18.5. The highest BCUT2D eigenvalue weighted by Gasteiger charge is 2.27. The van der Waals surface area contributed by atoms with Crippen molar-refractivity contribution in [3.63, 3.8) is 0 Å².